The first-order chi connectivity index (χ1) is 14.3. The van der Waals surface area contributed by atoms with Gasteiger partial charge in [-0.15, -0.1) is 0 Å². The number of anilines is 1. The maximum absolute atomic E-state index is 13.2. The van der Waals surface area contributed by atoms with E-state index < -0.39 is 0 Å². The van der Waals surface area contributed by atoms with Gasteiger partial charge in [0, 0.05) is 23.1 Å². The van der Waals surface area contributed by atoms with Crippen LogP contribution in [0.2, 0.25) is 0 Å². The topological polar surface area (TPSA) is 57.8 Å². The highest BCUT2D eigenvalue weighted by molar-refractivity contribution is 6.03. The summed E-state index contributed by atoms with van der Waals surface area (Å²) in [5.41, 5.74) is 3.69. The van der Waals surface area contributed by atoms with Crippen LogP contribution >= 0.6 is 0 Å². The molecule has 0 atom stereocenters. The fraction of sp³-hybridized carbons (Fsp3) is 0.360. The van der Waals surface area contributed by atoms with Gasteiger partial charge in [0.2, 0.25) is 5.91 Å². The minimum absolute atomic E-state index is 0.0903. The number of H-pyrrole nitrogens is 1. The summed E-state index contributed by atoms with van der Waals surface area (Å²) in [7, 11) is 0. The molecule has 0 bridgehead atoms. The Labute approximate surface area is 172 Å². The van der Waals surface area contributed by atoms with Crippen LogP contribution in [0.25, 0.3) is 16.6 Å². The Kier molecular flexibility index (Phi) is 6.40. The van der Waals surface area contributed by atoms with E-state index in [0.29, 0.717) is 0 Å². The molecule has 2 aliphatic carbocycles. The molecule has 2 aromatic rings. The number of amides is 1. The van der Waals surface area contributed by atoms with Crippen LogP contribution in [0, 0.1) is 5.92 Å². The molecule has 150 valence electrons. The summed E-state index contributed by atoms with van der Waals surface area (Å²) in [5, 5.41) is 4.25. The smallest absolute Gasteiger partial charge is 0.227 e. The van der Waals surface area contributed by atoms with Crippen molar-refractivity contribution in [1.82, 2.24) is 9.97 Å². The SMILES string of the molecule is O=C(Nc1cnc2[nH]ccc2c1C1=CC=CC=CC=C1)C1CCCCCCCC1. The lowest BCUT2D eigenvalue weighted by molar-refractivity contribution is -0.120. The molecule has 1 saturated carbocycles. The standard InChI is InChI=1S/C25H29N3O/c29-25(20-14-10-4-1-2-5-11-15-20)28-22-18-27-24-21(16-17-26-24)23(22)19-12-8-6-3-7-9-13-19/h3,6-9,12-13,16-18,20H,1-2,4-5,10-11,14-15H2,(H,26,27)(H,28,29). The van der Waals surface area contributed by atoms with Crippen LogP contribution in [0.1, 0.15) is 56.9 Å². The van der Waals surface area contributed by atoms with Crippen LogP contribution in [0.3, 0.4) is 0 Å². The monoisotopic (exact) mass is 387 g/mol. The van der Waals surface area contributed by atoms with Crippen molar-refractivity contribution in [1.29, 1.82) is 0 Å². The molecule has 2 heterocycles. The number of aromatic amines is 1. The van der Waals surface area contributed by atoms with Crippen LogP contribution in [-0.2, 0) is 4.79 Å². The molecule has 0 saturated heterocycles. The second-order valence-electron chi connectivity index (χ2n) is 7.92. The lowest BCUT2D eigenvalue weighted by Gasteiger charge is -2.18. The maximum Gasteiger partial charge on any atom is 0.227 e. The van der Waals surface area contributed by atoms with Gasteiger partial charge in [-0.05, 0) is 24.5 Å². The number of nitrogens with zero attached hydrogens (tertiary/aromatic N) is 1. The Balaban J connectivity index is 1.65. The summed E-state index contributed by atoms with van der Waals surface area (Å²) < 4.78 is 0. The van der Waals surface area contributed by atoms with E-state index in [0.717, 1.165) is 53.5 Å². The quantitative estimate of drug-likeness (QED) is 0.647. The lowest BCUT2D eigenvalue weighted by Crippen LogP contribution is -2.23. The number of carbonyl (C=O) groups is 1. The average Bonchev–Trinajstić information content (AvgIpc) is 3.21. The number of pyridine rings is 1. The van der Waals surface area contributed by atoms with E-state index >= 15 is 0 Å². The molecule has 0 unspecified atom stereocenters. The van der Waals surface area contributed by atoms with Gasteiger partial charge < -0.3 is 10.3 Å². The van der Waals surface area contributed by atoms with Crippen LogP contribution in [0.15, 0.2) is 61.0 Å². The van der Waals surface area contributed by atoms with E-state index in [1.165, 1.54) is 25.7 Å². The van der Waals surface area contributed by atoms with Crippen molar-refractivity contribution in [2.75, 3.05) is 5.32 Å². The third kappa shape index (κ3) is 4.76. The molecule has 4 nitrogen and oxygen atoms in total. The summed E-state index contributed by atoms with van der Waals surface area (Å²) in [4.78, 5) is 20.9. The molecule has 1 fully saturated rings. The number of aromatic nitrogens is 2. The van der Waals surface area contributed by atoms with E-state index in [1.54, 1.807) is 6.20 Å². The van der Waals surface area contributed by atoms with Crippen molar-refractivity contribution in [2.24, 2.45) is 5.92 Å². The number of allylic oxidation sites excluding steroid dienone is 8. The molecular weight excluding hydrogens is 358 g/mol. The predicted molar refractivity (Wildman–Crippen MR) is 121 cm³/mol. The van der Waals surface area contributed by atoms with Crippen molar-refractivity contribution in [2.45, 2.75) is 51.4 Å². The highest BCUT2D eigenvalue weighted by atomic mass is 16.1. The van der Waals surface area contributed by atoms with E-state index in [-0.39, 0.29) is 11.8 Å². The first-order valence-corrected chi connectivity index (χ1v) is 10.8. The molecule has 29 heavy (non-hydrogen) atoms. The van der Waals surface area contributed by atoms with Crippen LogP contribution in [0.5, 0.6) is 0 Å². The van der Waals surface area contributed by atoms with Gasteiger partial charge in [0.1, 0.15) is 5.65 Å². The van der Waals surface area contributed by atoms with E-state index in [4.69, 9.17) is 0 Å². The number of nitrogens with one attached hydrogen (secondary N) is 2. The van der Waals surface area contributed by atoms with Gasteiger partial charge in [-0.3, -0.25) is 4.79 Å². The Morgan fingerprint density at radius 3 is 2.52 bits per heavy atom. The zero-order chi connectivity index (χ0) is 19.9. The molecular formula is C25H29N3O. The molecule has 0 aliphatic heterocycles. The number of fused-ring (bicyclic) bond motifs is 1. The summed E-state index contributed by atoms with van der Waals surface area (Å²) in [6.45, 7) is 0. The molecule has 1 amide bonds. The fourth-order valence-corrected chi connectivity index (χ4v) is 4.28. The Hall–Kier alpha value is -2.88. The Morgan fingerprint density at radius 2 is 1.69 bits per heavy atom. The third-order valence-corrected chi connectivity index (χ3v) is 5.86. The lowest BCUT2D eigenvalue weighted by atomic mass is 9.95. The largest absolute Gasteiger partial charge is 0.346 e. The predicted octanol–water partition coefficient (Wildman–Crippen LogP) is 6.32. The van der Waals surface area contributed by atoms with Crippen molar-refractivity contribution in [3.63, 3.8) is 0 Å². The minimum Gasteiger partial charge on any atom is -0.346 e. The van der Waals surface area contributed by atoms with Gasteiger partial charge in [-0.2, -0.15) is 0 Å². The van der Waals surface area contributed by atoms with E-state index in [9.17, 15) is 4.79 Å². The second-order valence-corrected chi connectivity index (χ2v) is 7.92. The number of hydrogen-bond acceptors (Lipinski definition) is 2. The van der Waals surface area contributed by atoms with Crippen LogP contribution in [-0.4, -0.2) is 15.9 Å². The van der Waals surface area contributed by atoms with Gasteiger partial charge in [-0.25, -0.2) is 4.98 Å². The summed E-state index contributed by atoms with van der Waals surface area (Å²) >= 11 is 0. The number of hydrogen-bond donors (Lipinski definition) is 2. The highest BCUT2D eigenvalue weighted by Crippen LogP contribution is 2.33. The number of rotatable bonds is 3. The first-order valence-electron chi connectivity index (χ1n) is 10.8. The van der Waals surface area contributed by atoms with Crippen molar-refractivity contribution in [3.05, 3.63) is 66.6 Å². The van der Waals surface area contributed by atoms with Gasteiger partial charge in [-0.1, -0.05) is 81.1 Å². The third-order valence-electron chi connectivity index (χ3n) is 5.86. The Bertz CT molecular complexity index is 967. The van der Waals surface area contributed by atoms with Crippen molar-refractivity contribution >= 4 is 28.2 Å². The molecule has 2 aliphatic rings. The summed E-state index contributed by atoms with van der Waals surface area (Å²) in [6.07, 6.45) is 27.3. The van der Waals surface area contributed by atoms with Gasteiger partial charge in [0.05, 0.1) is 11.9 Å². The maximum atomic E-state index is 13.2. The molecule has 2 aromatic heterocycles. The summed E-state index contributed by atoms with van der Waals surface area (Å²) in [5.74, 6) is 0.225. The zero-order valence-electron chi connectivity index (χ0n) is 16.9. The first kappa shape index (κ1) is 19.4. The van der Waals surface area contributed by atoms with E-state index in [1.807, 2.05) is 42.6 Å². The zero-order valence-corrected chi connectivity index (χ0v) is 16.9. The van der Waals surface area contributed by atoms with Crippen molar-refractivity contribution < 1.29 is 4.79 Å². The van der Waals surface area contributed by atoms with Crippen LogP contribution in [0.4, 0.5) is 5.69 Å². The Morgan fingerprint density at radius 1 is 0.966 bits per heavy atom. The highest BCUT2D eigenvalue weighted by Gasteiger charge is 2.21. The molecule has 0 radical (unpaired) electrons. The normalized spacial score (nSPS) is 18.4. The number of carbonyl (C=O) groups excluding carboxylic acids is 1. The molecule has 2 N–H and O–H groups in total. The van der Waals surface area contributed by atoms with Crippen LogP contribution < -0.4 is 5.32 Å². The molecule has 4 heteroatoms. The van der Waals surface area contributed by atoms with Gasteiger partial charge in [0.25, 0.3) is 0 Å². The average molecular weight is 388 g/mol. The molecule has 4 rings (SSSR count). The fourth-order valence-electron chi connectivity index (χ4n) is 4.28. The van der Waals surface area contributed by atoms with Crippen molar-refractivity contribution in [3.8, 4) is 0 Å². The summed E-state index contributed by atoms with van der Waals surface area (Å²) in [6, 6.07) is 2.03. The van der Waals surface area contributed by atoms with E-state index in [2.05, 4.69) is 27.4 Å². The van der Waals surface area contributed by atoms with Gasteiger partial charge >= 0.3 is 0 Å². The molecule has 0 spiro atoms. The minimum atomic E-state index is 0.0903. The molecule has 0 aromatic carbocycles. The van der Waals surface area contributed by atoms with Gasteiger partial charge in [0.15, 0.2) is 0 Å². The second kappa shape index (κ2) is 9.55.